The first-order valence-corrected chi connectivity index (χ1v) is 9.81. The number of hydrogen-bond donors (Lipinski definition) is 0. The molecule has 3 aromatic heterocycles. The molecule has 0 atom stereocenters. The Balaban J connectivity index is 1.41. The summed E-state index contributed by atoms with van der Waals surface area (Å²) in [6.07, 6.45) is 1.45. The molecule has 9 heteroatoms. The first-order valence-electron chi connectivity index (χ1n) is 9.81. The molecule has 2 aromatic carbocycles. The van der Waals surface area contributed by atoms with Gasteiger partial charge in [0.2, 0.25) is 11.7 Å². The van der Waals surface area contributed by atoms with Gasteiger partial charge in [-0.05, 0) is 36.6 Å². The van der Waals surface area contributed by atoms with E-state index in [1.807, 2.05) is 62.4 Å². The van der Waals surface area contributed by atoms with Crippen LogP contribution in [0.3, 0.4) is 0 Å². The maximum atomic E-state index is 12.9. The van der Waals surface area contributed by atoms with Crippen LogP contribution in [0.2, 0.25) is 0 Å². The van der Waals surface area contributed by atoms with Crippen molar-refractivity contribution >= 4 is 11.2 Å². The van der Waals surface area contributed by atoms with Crippen LogP contribution in [0.4, 0.5) is 0 Å². The Morgan fingerprint density at radius 3 is 2.65 bits per heavy atom. The Morgan fingerprint density at radius 2 is 1.84 bits per heavy atom. The summed E-state index contributed by atoms with van der Waals surface area (Å²) >= 11 is 0. The molecule has 0 N–H and O–H groups in total. The van der Waals surface area contributed by atoms with Gasteiger partial charge < -0.3 is 4.52 Å². The minimum Gasteiger partial charge on any atom is -0.337 e. The van der Waals surface area contributed by atoms with E-state index in [1.165, 1.54) is 16.5 Å². The first kappa shape index (κ1) is 18.9. The molecular weight excluding hydrogens is 394 g/mol. The highest BCUT2D eigenvalue weighted by Gasteiger charge is 2.15. The van der Waals surface area contributed by atoms with Crippen LogP contribution in [-0.4, -0.2) is 34.7 Å². The molecule has 0 aliphatic heterocycles. The van der Waals surface area contributed by atoms with Crippen LogP contribution in [0.1, 0.15) is 22.6 Å². The average molecular weight is 413 g/mol. The predicted octanol–water partition coefficient (Wildman–Crippen LogP) is 2.75. The molecular formula is C22H19N7O2. The van der Waals surface area contributed by atoms with Gasteiger partial charge in [-0.2, -0.15) is 4.98 Å². The molecule has 5 rings (SSSR count). The van der Waals surface area contributed by atoms with Crippen molar-refractivity contribution < 1.29 is 4.52 Å². The maximum Gasteiger partial charge on any atom is 0.283 e. The van der Waals surface area contributed by atoms with Gasteiger partial charge in [0, 0.05) is 5.56 Å². The lowest BCUT2D eigenvalue weighted by Crippen LogP contribution is -2.21. The summed E-state index contributed by atoms with van der Waals surface area (Å²) in [5.41, 5.74) is 4.58. The lowest BCUT2D eigenvalue weighted by Gasteiger charge is -2.03. The SMILES string of the molecule is Cc1ccc(-c2noc(Cn3cnc4c(nnn4Cc4ccccc4)c3=O)n2)cc1C. The summed E-state index contributed by atoms with van der Waals surface area (Å²) in [6, 6.07) is 15.8. The van der Waals surface area contributed by atoms with Crippen molar-refractivity contribution in [3.63, 3.8) is 0 Å². The van der Waals surface area contributed by atoms with Crippen LogP contribution >= 0.6 is 0 Å². The fraction of sp³-hybridized carbons (Fsp3) is 0.182. The number of aryl methyl sites for hydroxylation is 2. The van der Waals surface area contributed by atoms with Gasteiger partial charge in [0.1, 0.15) is 12.9 Å². The van der Waals surface area contributed by atoms with Gasteiger partial charge in [0.15, 0.2) is 11.2 Å². The van der Waals surface area contributed by atoms with Crippen molar-refractivity contribution in [1.29, 1.82) is 0 Å². The molecule has 9 nitrogen and oxygen atoms in total. The summed E-state index contributed by atoms with van der Waals surface area (Å²) in [7, 11) is 0. The molecule has 0 saturated carbocycles. The lowest BCUT2D eigenvalue weighted by molar-refractivity contribution is 0.369. The largest absolute Gasteiger partial charge is 0.337 e. The number of fused-ring (bicyclic) bond motifs is 1. The number of aromatic nitrogens is 7. The zero-order valence-electron chi connectivity index (χ0n) is 17.1. The van der Waals surface area contributed by atoms with Crippen LogP contribution < -0.4 is 5.56 Å². The van der Waals surface area contributed by atoms with Gasteiger partial charge in [-0.15, -0.1) is 5.10 Å². The third-order valence-electron chi connectivity index (χ3n) is 5.21. The van der Waals surface area contributed by atoms with E-state index in [9.17, 15) is 4.79 Å². The average Bonchev–Trinajstić information content (AvgIpc) is 3.41. The van der Waals surface area contributed by atoms with Crippen molar-refractivity contribution in [3.8, 4) is 11.4 Å². The molecule has 0 aliphatic carbocycles. The Kier molecular flexibility index (Phi) is 4.62. The minimum absolute atomic E-state index is 0.102. The van der Waals surface area contributed by atoms with E-state index in [1.54, 1.807) is 4.68 Å². The fourth-order valence-electron chi connectivity index (χ4n) is 3.33. The van der Waals surface area contributed by atoms with Gasteiger partial charge in [-0.25, -0.2) is 9.67 Å². The lowest BCUT2D eigenvalue weighted by atomic mass is 10.1. The number of nitrogens with zero attached hydrogens (tertiary/aromatic N) is 7. The monoisotopic (exact) mass is 413 g/mol. The van der Waals surface area contributed by atoms with E-state index >= 15 is 0 Å². The molecule has 0 radical (unpaired) electrons. The Hall–Kier alpha value is -4.14. The standard InChI is InChI=1S/C22H19N7O2/c1-14-8-9-17(10-15(14)2)20-24-18(31-26-20)12-28-13-23-21-19(22(28)30)25-27-29(21)11-16-6-4-3-5-7-16/h3-10,13H,11-12H2,1-2H3. The van der Waals surface area contributed by atoms with Gasteiger partial charge in [0.05, 0.1) is 6.54 Å². The summed E-state index contributed by atoms with van der Waals surface area (Å²) in [6.45, 7) is 4.67. The molecule has 31 heavy (non-hydrogen) atoms. The molecule has 0 fully saturated rings. The number of hydrogen-bond acceptors (Lipinski definition) is 7. The highest BCUT2D eigenvalue weighted by molar-refractivity contribution is 5.67. The second-order valence-corrected chi connectivity index (χ2v) is 7.39. The summed E-state index contributed by atoms with van der Waals surface area (Å²) in [5, 5.41) is 12.2. The van der Waals surface area contributed by atoms with Gasteiger partial charge in [-0.3, -0.25) is 9.36 Å². The second kappa shape index (κ2) is 7.60. The molecule has 0 amide bonds. The molecule has 0 saturated heterocycles. The van der Waals surface area contributed by atoms with E-state index < -0.39 is 0 Å². The van der Waals surface area contributed by atoms with Crippen molar-refractivity contribution in [2.24, 2.45) is 0 Å². The van der Waals surface area contributed by atoms with Crippen molar-refractivity contribution in [1.82, 2.24) is 34.7 Å². The van der Waals surface area contributed by atoms with Crippen LogP contribution in [0.5, 0.6) is 0 Å². The van der Waals surface area contributed by atoms with Gasteiger partial charge in [0.25, 0.3) is 5.56 Å². The van der Waals surface area contributed by atoms with E-state index in [-0.39, 0.29) is 17.6 Å². The number of benzene rings is 2. The first-order chi connectivity index (χ1) is 15.1. The maximum absolute atomic E-state index is 12.9. The molecule has 3 heterocycles. The molecule has 5 aromatic rings. The Labute approximate surface area is 177 Å². The van der Waals surface area contributed by atoms with Crippen LogP contribution in [0.25, 0.3) is 22.6 Å². The zero-order valence-corrected chi connectivity index (χ0v) is 17.1. The van der Waals surface area contributed by atoms with E-state index in [0.717, 1.165) is 16.7 Å². The molecule has 0 bridgehead atoms. The molecule has 0 unspecified atom stereocenters. The number of rotatable bonds is 5. The Bertz CT molecular complexity index is 1430. The third kappa shape index (κ3) is 3.61. The fourth-order valence-corrected chi connectivity index (χ4v) is 3.33. The van der Waals surface area contributed by atoms with Crippen molar-refractivity contribution in [3.05, 3.63) is 87.8 Å². The van der Waals surface area contributed by atoms with Gasteiger partial charge in [-0.1, -0.05) is 52.8 Å². The van der Waals surface area contributed by atoms with Crippen LogP contribution in [0, 0.1) is 13.8 Å². The molecule has 0 aliphatic rings. The summed E-state index contributed by atoms with van der Waals surface area (Å²) in [5.74, 6) is 0.794. The third-order valence-corrected chi connectivity index (χ3v) is 5.21. The second-order valence-electron chi connectivity index (χ2n) is 7.39. The highest BCUT2D eigenvalue weighted by atomic mass is 16.5. The van der Waals surface area contributed by atoms with Crippen LogP contribution in [0.15, 0.2) is 64.2 Å². The van der Waals surface area contributed by atoms with Crippen LogP contribution in [-0.2, 0) is 13.1 Å². The predicted molar refractivity (Wildman–Crippen MR) is 113 cm³/mol. The van der Waals surface area contributed by atoms with E-state index in [0.29, 0.717) is 23.9 Å². The summed E-state index contributed by atoms with van der Waals surface area (Å²) in [4.78, 5) is 21.7. The topological polar surface area (TPSA) is 105 Å². The summed E-state index contributed by atoms with van der Waals surface area (Å²) < 4.78 is 8.36. The normalized spacial score (nSPS) is 11.3. The van der Waals surface area contributed by atoms with Gasteiger partial charge >= 0.3 is 0 Å². The van der Waals surface area contributed by atoms with Crippen molar-refractivity contribution in [2.75, 3.05) is 0 Å². The van der Waals surface area contributed by atoms with Crippen molar-refractivity contribution in [2.45, 2.75) is 26.9 Å². The quantitative estimate of drug-likeness (QED) is 0.436. The molecule has 154 valence electrons. The van der Waals surface area contributed by atoms with E-state index in [2.05, 4.69) is 25.4 Å². The van der Waals surface area contributed by atoms with E-state index in [4.69, 9.17) is 4.52 Å². The zero-order chi connectivity index (χ0) is 21.4. The highest BCUT2D eigenvalue weighted by Crippen LogP contribution is 2.19. The smallest absolute Gasteiger partial charge is 0.283 e. The minimum atomic E-state index is -0.310. The Morgan fingerprint density at radius 1 is 1.00 bits per heavy atom. The molecule has 0 spiro atoms.